The summed E-state index contributed by atoms with van der Waals surface area (Å²) >= 11 is 0. The van der Waals surface area contributed by atoms with Crippen molar-refractivity contribution in [1.82, 2.24) is 0 Å². The number of hydrogen-bond acceptors (Lipinski definition) is 2. The van der Waals surface area contributed by atoms with Crippen LogP contribution < -0.4 is 0 Å². The smallest absolute Gasteiger partial charge is 0.157 e. The third-order valence-corrected chi connectivity index (χ3v) is 3.72. The standard InChI is InChI=1S/C12H12O2S/c13-15(14)9-8-12(10-15)7-6-11-4-2-1-3-5-11/h1-8H,9-10H2/b7-6+. The van der Waals surface area contributed by atoms with Crippen molar-refractivity contribution >= 4 is 15.9 Å². The molecule has 0 fully saturated rings. The summed E-state index contributed by atoms with van der Waals surface area (Å²) in [5.41, 5.74) is 1.97. The number of rotatable bonds is 2. The Balaban J connectivity index is 2.08. The molecule has 0 atom stereocenters. The van der Waals surface area contributed by atoms with Crippen LogP contribution in [-0.4, -0.2) is 19.9 Å². The van der Waals surface area contributed by atoms with Gasteiger partial charge in [-0.25, -0.2) is 8.42 Å². The van der Waals surface area contributed by atoms with Crippen molar-refractivity contribution in [3.63, 3.8) is 0 Å². The molecule has 2 rings (SSSR count). The molecule has 0 radical (unpaired) electrons. The van der Waals surface area contributed by atoms with Gasteiger partial charge in [-0.05, 0) is 11.1 Å². The molecule has 1 aromatic carbocycles. The van der Waals surface area contributed by atoms with E-state index in [1.54, 1.807) is 6.08 Å². The van der Waals surface area contributed by atoms with Crippen LogP contribution in [0.15, 0.2) is 48.1 Å². The van der Waals surface area contributed by atoms with Crippen LogP contribution in [0.4, 0.5) is 0 Å². The fourth-order valence-electron chi connectivity index (χ4n) is 1.49. The van der Waals surface area contributed by atoms with Gasteiger partial charge >= 0.3 is 0 Å². The van der Waals surface area contributed by atoms with E-state index in [0.717, 1.165) is 11.1 Å². The molecule has 0 aliphatic carbocycles. The molecule has 1 aliphatic rings. The van der Waals surface area contributed by atoms with Crippen LogP contribution in [0, 0.1) is 0 Å². The molecule has 3 heteroatoms. The Bertz CT molecular complexity index is 496. The Morgan fingerprint density at radius 3 is 2.40 bits per heavy atom. The average Bonchev–Trinajstić information content (AvgIpc) is 2.57. The maximum Gasteiger partial charge on any atom is 0.157 e. The predicted molar refractivity (Wildman–Crippen MR) is 62.2 cm³/mol. The van der Waals surface area contributed by atoms with Gasteiger partial charge in [-0.1, -0.05) is 48.6 Å². The summed E-state index contributed by atoms with van der Waals surface area (Å²) in [5, 5.41) is 0. The molecule has 1 aromatic rings. The van der Waals surface area contributed by atoms with Gasteiger partial charge in [0.2, 0.25) is 0 Å². The van der Waals surface area contributed by atoms with Gasteiger partial charge in [0.1, 0.15) is 0 Å². The molecule has 0 unspecified atom stereocenters. The van der Waals surface area contributed by atoms with Crippen LogP contribution in [0.25, 0.3) is 6.08 Å². The molecule has 0 saturated heterocycles. The van der Waals surface area contributed by atoms with Crippen molar-refractivity contribution in [2.75, 3.05) is 11.5 Å². The van der Waals surface area contributed by atoms with Crippen molar-refractivity contribution < 1.29 is 8.42 Å². The maximum absolute atomic E-state index is 11.2. The Kier molecular flexibility index (Phi) is 2.73. The highest BCUT2D eigenvalue weighted by atomic mass is 32.2. The third kappa shape index (κ3) is 2.80. The minimum atomic E-state index is -2.84. The molecule has 2 nitrogen and oxygen atoms in total. The largest absolute Gasteiger partial charge is 0.228 e. The van der Waals surface area contributed by atoms with Crippen molar-refractivity contribution in [1.29, 1.82) is 0 Å². The molecular weight excluding hydrogens is 208 g/mol. The lowest BCUT2D eigenvalue weighted by Crippen LogP contribution is -2.01. The van der Waals surface area contributed by atoms with E-state index in [2.05, 4.69) is 0 Å². The van der Waals surface area contributed by atoms with Gasteiger partial charge in [0, 0.05) is 0 Å². The molecule has 0 bridgehead atoms. The van der Waals surface area contributed by atoms with E-state index in [9.17, 15) is 8.42 Å². The van der Waals surface area contributed by atoms with E-state index in [1.165, 1.54) is 0 Å². The highest BCUT2D eigenvalue weighted by Crippen LogP contribution is 2.14. The third-order valence-electron chi connectivity index (χ3n) is 2.28. The monoisotopic (exact) mass is 220 g/mol. The second-order valence-electron chi connectivity index (χ2n) is 3.58. The highest BCUT2D eigenvalue weighted by molar-refractivity contribution is 7.92. The van der Waals surface area contributed by atoms with E-state index < -0.39 is 9.84 Å². The molecule has 0 spiro atoms. The minimum Gasteiger partial charge on any atom is -0.228 e. The predicted octanol–water partition coefficient (Wildman–Crippen LogP) is 2.05. The summed E-state index contributed by atoms with van der Waals surface area (Å²) in [5.74, 6) is 0.359. The first kappa shape index (κ1) is 10.2. The fraction of sp³-hybridized carbons (Fsp3) is 0.167. The van der Waals surface area contributed by atoms with Gasteiger partial charge in [0.15, 0.2) is 9.84 Å². The Morgan fingerprint density at radius 1 is 1.07 bits per heavy atom. The topological polar surface area (TPSA) is 34.1 Å². The van der Waals surface area contributed by atoms with Crippen LogP contribution in [-0.2, 0) is 9.84 Å². The van der Waals surface area contributed by atoms with Gasteiger partial charge in [-0.15, -0.1) is 0 Å². The van der Waals surface area contributed by atoms with E-state index in [-0.39, 0.29) is 11.5 Å². The molecule has 0 amide bonds. The van der Waals surface area contributed by atoms with Crippen molar-refractivity contribution in [3.8, 4) is 0 Å². The fourth-order valence-corrected chi connectivity index (χ4v) is 2.80. The van der Waals surface area contributed by atoms with Gasteiger partial charge in [0.25, 0.3) is 0 Å². The number of hydrogen-bond donors (Lipinski definition) is 0. The van der Waals surface area contributed by atoms with Gasteiger partial charge in [-0.3, -0.25) is 0 Å². The first-order valence-corrected chi connectivity index (χ1v) is 6.60. The molecule has 1 aliphatic heterocycles. The summed E-state index contributed by atoms with van der Waals surface area (Å²) < 4.78 is 22.3. The first-order chi connectivity index (χ1) is 7.16. The summed E-state index contributed by atoms with van der Waals surface area (Å²) in [6, 6.07) is 9.84. The van der Waals surface area contributed by atoms with E-state index in [0.29, 0.717) is 0 Å². The quantitative estimate of drug-likeness (QED) is 0.764. The van der Waals surface area contributed by atoms with E-state index >= 15 is 0 Å². The number of benzene rings is 1. The average molecular weight is 220 g/mol. The van der Waals surface area contributed by atoms with Crippen LogP contribution in [0.2, 0.25) is 0 Å². The second kappa shape index (κ2) is 4.03. The molecule has 0 aromatic heterocycles. The van der Waals surface area contributed by atoms with Crippen LogP contribution >= 0.6 is 0 Å². The molecule has 0 N–H and O–H groups in total. The van der Waals surface area contributed by atoms with Crippen molar-refractivity contribution in [2.24, 2.45) is 0 Å². The number of sulfone groups is 1. The zero-order valence-corrected chi connectivity index (χ0v) is 9.07. The molecule has 1 heterocycles. The summed E-state index contributed by atoms with van der Waals surface area (Å²) in [6.45, 7) is 0. The SMILES string of the molecule is O=S1(=O)CC=C(/C=C/c2ccccc2)C1. The lowest BCUT2D eigenvalue weighted by Gasteiger charge is -1.93. The van der Waals surface area contributed by atoms with E-state index in [1.807, 2.05) is 42.5 Å². The molecule has 0 saturated carbocycles. The molecular formula is C12H12O2S. The zero-order chi connectivity index (χ0) is 10.7. The van der Waals surface area contributed by atoms with Gasteiger partial charge in [-0.2, -0.15) is 0 Å². The van der Waals surface area contributed by atoms with Crippen LogP contribution in [0.3, 0.4) is 0 Å². The van der Waals surface area contributed by atoms with Gasteiger partial charge in [0.05, 0.1) is 11.5 Å². The summed E-state index contributed by atoms with van der Waals surface area (Å²) in [4.78, 5) is 0. The maximum atomic E-state index is 11.2. The summed E-state index contributed by atoms with van der Waals surface area (Å²) in [6.07, 6.45) is 5.58. The second-order valence-corrected chi connectivity index (χ2v) is 5.69. The van der Waals surface area contributed by atoms with Crippen LogP contribution in [0.5, 0.6) is 0 Å². The van der Waals surface area contributed by atoms with Crippen molar-refractivity contribution in [3.05, 3.63) is 53.6 Å². The molecule has 15 heavy (non-hydrogen) atoms. The highest BCUT2D eigenvalue weighted by Gasteiger charge is 2.17. The lowest BCUT2D eigenvalue weighted by molar-refractivity contribution is 0.603. The molecule has 78 valence electrons. The van der Waals surface area contributed by atoms with Gasteiger partial charge < -0.3 is 0 Å². The van der Waals surface area contributed by atoms with Crippen LogP contribution in [0.1, 0.15) is 5.56 Å². The van der Waals surface area contributed by atoms with Crippen molar-refractivity contribution in [2.45, 2.75) is 0 Å². The zero-order valence-electron chi connectivity index (χ0n) is 8.26. The lowest BCUT2D eigenvalue weighted by atomic mass is 10.2. The van der Waals surface area contributed by atoms with E-state index in [4.69, 9.17) is 0 Å². The minimum absolute atomic E-state index is 0.177. The normalized spacial score (nSPS) is 19.3. The first-order valence-electron chi connectivity index (χ1n) is 4.78. The Hall–Kier alpha value is -1.35. The Labute approximate surface area is 89.9 Å². The Morgan fingerprint density at radius 2 is 1.80 bits per heavy atom. The summed E-state index contributed by atoms with van der Waals surface area (Å²) in [7, 11) is -2.84. The number of allylic oxidation sites excluding steroid dienone is 1.